The number of fused-ring (bicyclic) bond motifs is 5. The van der Waals surface area contributed by atoms with Crippen LogP contribution in [0.3, 0.4) is 0 Å². The van der Waals surface area contributed by atoms with Crippen molar-refractivity contribution in [3.05, 3.63) is 70.8 Å². The first-order valence-electron chi connectivity index (χ1n) is 6.61. The Balaban J connectivity index is 2.05. The quantitative estimate of drug-likeness (QED) is 0.562. The van der Waals surface area contributed by atoms with Crippen molar-refractivity contribution < 1.29 is 0 Å². The van der Waals surface area contributed by atoms with E-state index in [1.807, 2.05) is 24.3 Å². The Morgan fingerprint density at radius 2 is 1.05 bits per heavy atom. The summed E-state index contributed by atoms with van der Waals surface area (Å²) in [7, 11) is 0. The van der Waals surface area contributed by atoms with E-state index >= 15 is 0 Å². The average Bonchev–Trinajstić information content (AvgIpc) is 2.99. The first kappa shape index (κ1) is 11.2. The molecule has 0 heterocycles. The lowest BCUT2D eigenvalue weighted by Gasteiger charge is -2.11. The lowest BCUT2D eigenvalue weighted by Crippen LogP contribution is -2.13. The Bertz CT molecular complexity index is 695. The topological polar surface area (TPSA) is 76.8 Å². The molecule has 0 saturated carbocycles. The van der Waals surface area contributed by atoms with Crippen LogP contribution in [-0.2, 0) is 0 Å². The average molecular weight is 262 g/mol. The van der Waals surface area contributed by atoms with Gasteiger partial charge in [0.1, 0.15) is 0 Å². The molecule has 2 unspecified atom stereocenters. The van der Waals surface area contributed by atoms with E-state index in [1.54, 1.807) is 0 Å². The highest BCUT2D eigenvalue weighted by Gasteiger charge is 2.47. The van der Waals surface area contributed by atoms with Gasteiger partial charge in [0.05, 0.1) is 11.4 Å². The molecule has 0 saturated heterocycles. The van der Waals surface area contributed by atoms with Crippen LogP contribution < -0.4 is 11.7 Å². The molecule has 2 aliphatic carbocycles. The summed E-state index contributed by atoms with van der Waals surface area (Å²) < 4.78 is 0. The molecule has 0 aromatic heterocycles. The number of nitrogens with zero attached hydrogens (tertiary/aromatic N) is 2. The zero-order valence-corrected chi connectivity index (χ0v) is 10.8. The Hall–Kier alpha value is -2.62. The van der Waals surface area contributed by atoms with Gasteiger partial charge in [0.2, 0.25) is 0 Å². The van der Waals surface area contributed by atoms with Gasteiger partial charge in [-0.05, 0) is 11.1 Å². The van der Waals surface area contributed by atoms with E-state index in [4.69, 9.17) is 11.7 Å². The van der Waals surface area contributed by atoms with Gasteiger partial charge in [-0.15, -0.1) is 0 Å². The summed E-state index contributed by atoms with van der Waals surface area (Å²) in [6.45, 7) is 0. The highest BCUT2D eigenvalue weighted by atomic mass is 15.1. The number of hydrogen-bond donors (Lipinski definition) is 2. The number of nitrogens with two attached hydrogens (primary N) is 2. The minimum Gasteiger partial charge on any atom is -0.323 e. The molecular formula is C16H14N4. The van der Waals surface area contributed by atoms with Crippen LogP contribution in [0.2, 0.25) is 0 Å². The molecule has 0 fully saturated rings. The molecule has 4 heteroatoms. The molecule has 0 aliphatic heterocycles. The first-order valence-corrected chi connectivity index (χ1v) is 6.61. The number of benzene rings is 2. The second kappa shape index (κ2) is 3.93. The van der Waals surface area contributed by atoms with E-state index in [2.05, 4.69) is 34.5 Å². The van der Waals surface area contributed by atoms with Gasteiger partial charge in [-0.1, -0.05) is 48.5 Å². The maximum atomic E-state index is 5.67. The van der Waals surface area contributed by atoms with Crippen LogP contribution >= 0.6 is 0 Å². The Morgan fingerprint density at radius 3 is 1.45 bits per heavy atom. The molecular weight excluding hydrogens is 248 g/mol. The smallest absolute Gasteiger partial charge is 0.0760 e. The zero-order valence-electron chi connectivity index (χ0n) is 10.8. The van der Waals surface area contributed by atoms with Crippen LogP contribution in [0.25, 0.3) is 0 Å². The van der Waals surface area contributed by atoms with E-state index in [0.717, 1.165) is 22.6 Å². The maximum absolute atomic E-state index is 5.67. The molecule has 4 rings (SSSR count). The second-order valence-corrected chi connectivity index (χ2v) is 5.16. The minimum atomic E-state index is 0.135. The zero-order chi connectivity index (χ0) is 13.7. The van der Waals surface area contributed by atoms with Gasteiger partial charge >= 0.3 is 0 Å². The third-order valence-corrected chi connectivity index (χ3v) is 4.34. The van der Waals surface area contributed by atoms with Crippen molar-refractivity contribution in [3.63, 3.8) is 0 Å². The molecule has 4 nitrogen and oxygen atoms in total. The van der Waals surface area contributed by atoms with Crippen molar-refractivity contribution in [2.24, 2.45) is 21.9 Å². The van der Waals surface area contributed by atoms with Gasteiger partial charge in [0.15, 0.2) is 0 Å². The van der Waals surface area contributed by atoms with Gasteiger partial charge in [0.25, 0.3) is 0 Å². The van der Waals surface area contributed by atoms with Crippen LogP contribution in [0.5, 0.6) is 0 Å². The fraction of sp³-hybridized carbons (Fsp3) is 0.125. The number of hydrogen-bond acceptors (Lipinski definition) is 4. The van der Waals surface area contributed by atoms with Crippen LogP contribution in [-0.4, -0.2) is 11.4 Å². The molecule has 2 atom stereocenters. The largest absolute Gasteiger partial charge is 0.323 e. The highest BCUT2D eigenvalue weighted by molar-refractivity contribution is 6.23. The van der Waals surface area contributed by atoms with Gasteiger partial charge in [-0.25, -0.2) is 0 Å². The summed E-state index contributed by atoms with van der Waals surface area (Å²) in [5.41, 5.74) is 6.50. The van der Waals surface area contributed by atoms with E-state index in [1.165, 1.54) is 11.1 Å². The summed E-state index contributed by atoms with van der Waals surface area (Å²) in [6.07, 6.45) is 0. The van der Waals surface area contributed by atoms with Gasteiger partial charge in [-0.2, -0.15) is 10.2 Å². The van der Waals surface area contributed by atoms with Crippen molar-refractivity contribution in [2.75, 3.05) is 0 Å². The molecule has 2 aromatic carbocycles. The summed E-state index contributed by atoms with van der Waals surface area (Å²) in [5.74, 6) is 11.6. The van der Waals surface area contributed by atoms with E-state index in [-0.39, 0.29) is 11.8 Å². The standard InChI is InChI=1S/C16H14N4/c17-19-15-11-7-3-1-5-9(11)13-14(15)10-6-2-4-8-12(10)16(13)20-18/h1-8,13-14H,17-18H2/b19-15+,20-16+. The predicted molar refractivity (Wildman–Crippen MR) is 79.8 cm³/mol. The third-order valence-electron chi connectivity index (χ3n) is 4.34. The molecule has 2 aliphatic rings. The summed E-state index contributed by atoms with van der Waals surface area (Å²) >= 11 is 0. The van der Waals surface area contributed by atoms with Crippen molar-refractivity contribution in [1.82, 2.24) is 0 Å². The lowest BCUT2D eigenvalue weighted by atomic mass is 9.92. The lowest BCUT2D eigenvalue weighted by molar-refractivity contribution is 0.869. The van der Waals surface area contributed by atoms with Crippen molar-refractivity contribution in [2.45, 2.75) is 11.8 Å². The Morgan fingerprint density at radius 1 is 0.650 bits per heavy atom. The van der Waals surface area contributed by atoms with Crippen LogP contribution in [0.4, 0.5) is 0 Å². The Labute approximate surface area is 116 Å². The molecule has 0 spiro atoms. The molecule has 98 valence electrons. The molecule has 20 heavy (non-hydrogen) atoms. The maximum Gasteiger partial charge on any atom is 0.0760 e. The third kappa shape index (κ3) is 1.20. The Kier molecular flexibility index (Phi) is 2.21. The number of rotatable bonds is 0. The van der Waals surface area contributed by atoms with Gasteiger partial charge in [-0.3, -0.25) is 0 Å². The summed E-state index contributed by atoms with van der Waals surface area (Å²) in [5, 5.41) is 8.12. The molecule has 0 radical (unpaired) electrons. The summed E-state index contributed by atoms with van der Waals surface area (Å²) in [6, 6.07) is 16.4. The van der Waals surface area contributed by atoms with E-state index in [0.29, 0.717) is 0 Å². The van der Waals surface area contributed by atoms with Crippen molar-refractivity contribution >= 4 is 11.4 Å². The van der Waals surface area contributed by atoms with Crippen LogP contribution in [0.15, 0.2) is 58.7 Å². The predicted octanol–water partition coefficient (Wildman–Crippen LogP) is 1.91. The number of hydrazone groups is 2. The molecule has 4 N–H and O–H groups in total. The SMILES string of the molecule is N/N=C1\c2ccccc2C2/C(=N/N)c3ccccc3C12. The molecule has 0 amide bonds. The normalized spacial score (nSPS) is 26.6. The molecule has 2 aromatic rings. The first-order chi connectivity index (χ1) is 9.86. The fourth-order valence-corrected chi connectivity index (χ4v) is 3.61. The highest BCUT2D eigenvalue weighted by Crippen LogP contribution is 2.51. The monoisotopic (exact) mass is 262 g/mol. The van der Waals surface area contributed by atoms with Gasteiger partial charge in [0, 0.05) is 23.0 Å². The second-order valence-electron chi connectivity index (χ2n) is 5.16. The van der Waals surface area contributed by atoms with Crippen molar-refractivity contribution in [3.8, 4) is 0 Å². The molecule has 0 bridgehead atoms. The summed E-state index contributed by atoms with van der Waals surface area (Å²) in [4.78, 5) is 0. The van der Waals surface area contributed by atoms with Gasteiger partial charge < -0.3 is 11.7 Å². The van der Waals surface area contributed by atoms with E-state index in [9.17, 15) is 0 Å². The minimum absolute atomic E-state index is 0.135. The van der Waals surface area contributed by atoms with Crippen LogP contribution in [0, 0.1) is 0 Å². The van der Waals surface area contributed by atoms with E-state index < -0.39 is 0 Å². The fourth-order valence-electron chi connectivity index (χ4n) is 3.61. The van der Waals surface area contributed by atoms with Crippen molar-refractivity contribution in [1.29, 1.82) is 0 Å². The van der Waals surface area contributed by atoms with Crippen LogP contribution in [0.1, 0.15) is 34.1 Å².